The van der Waals surface area contributed by atoms with Crippen LogP contribution in [-0.2, 0) is 0 Å². The summed E-state index contributed by atoms with van der Waals surface area (Å²) in [5.41, 5.74) is 2.53. The third kappa shape index (κ3) is 3.36. The van der Waals surface area contributed by atoms with E-state index in [4.69, 9.17) is 10.9 Å². The van der Waals surface area contributed by atoms with E-state index in [2.05, 4.69) is 15.4 Å². The lowest BCUT2D eigenvalue weighted by atomic mass is 10.2. The van der Waals surface area contributed by atoms with Gasteiger partial charge in [-0.25, -0.2) is 10.8 Å². The average Bonchev–Trinajstić information content (AvgIpc) is 2.34. The van der Waals surface area contributed by atoms with Gasteiger partial charge in [-0.2, -0.15) is 0 Å². The number of aliphatic hydroxyl groups excluding tert-OH is 1. The number of nitrogen functional groups attached to an aromatic ring is 1. The molecular weight excluding hydrogens is 222 g/mol. The first kappa shape index (κ1) is 13.3. The third-order valence-corrected chi connectivity index (χ3v) is 2.23. The van der Waals surface area contributed by atoms with Gasteiger partial charge in [0.15, 0.2) is 5.82 Å². The second-order valence-corrected chi connectivity index (χ2v) is 3.75. The van der Waals surface area contributed by atoms with Gasteiger partial charge in [-0.15, -0.1) is 0 Å². The highest BCUT2D eigenvalue weighted by Gasteiger charge is 2.19. The number of aliphatic hydroxyl groups is 1. The van der Waals surface area contributed by atoms with Crippen molar-refractivity contribution in [2.75, 3.05) is 18.6 Å². The molecule has 0 unspecified atom stereocenters. The molecule has 0 fully saturated rings. The van der Waals surface area contributed by atoms with Crippen LogP contribution in [0, 0.1) is 0 Å². The summed E-state index contributed by atoms with van der Waals surface area (Å²) in [5, 5.41) is 8.92. The van der Waals surface area contributed by atoms with E-state index < -0.39 is 0 Å². The van der Waals surface area contributed by atoms with Crippen LogP contribution < -0.4 is 11.3 Å². The lowest BCUT2D eigenvalue weighted by molar-refractivity contribution is 0.0659. The monoisotopic (exact) mass is 239 g/mol. The first-order valence-corrected chi connectivity index (χ1v) is 5.30. The molecule has 1 aromatic heterocycles. The van der Waals surface area contributed by atoms with E-state index in [1.807, 2.05) is 13.8 Å². The van der Waals surface area contributed by atoms with Crippen LogP contribution in [0.2, 0.25) is 0 Å². The second kappa shape index (κ2) is 6.12. The first-order chi connectivity index (χ1) is 8.10. The van der Waals surface area contributed by atoms with Gasteiger partial charge in [0.05, 0.1) is 19.0 Å². The maximum absolute atomic E-state index is 12.1. The molecule has 17 heavy (non-hydrogen) atoms. The SMILES string of the molecule is CC(C)N(CCO)C(=O)c1cncc(NN)n1. The van der Waals surface area contributed by atoms with Crippen molar-refractivity contribution in [2.45, 2.75) is 19.9 Å². The Balaban J connectivity index is 2.92. The Bertz CT molecular complexity index is 383. The highest BCUT2D eigenvalue weighted by Crippen LogP contribution is 2.07. The van der Waals surface area contributed by atoms with E-state index in [-0.39, 0.29) is 30.8 Å². The average molecular weight is 239 g/mol. The number of nitrogens with zero attached hydrogens (tertiary/aromatic N) is 3. The topological polar surface area (TPSA) is 104 Å². The molecule has 1 amide bonds. The number of hydrogen-bond donors (Lipinski definition) is 3. The van der Waals surface area contributed by atoms with Gasteiger partial charge in [-0.1, -0.05) is 0 Å². The van der Waals surface area contributed by atoms with Gasteiger partial charge < -0.3 is 15.4 Å². The van der Waals surface area contributed by atoms with Crippen LogP contribution >= 0.6 is 0 Å². The minimum Gasteiger partial charge on any atom is -0.395 e. The molecule has 0 aliphatic rings. The van der Waals surface area contributed by atoms with E-state index in [0.29, 0.717) is 5.82 Å². The predicted octanol–water partition coefficient (Wildman–Crippen LogP) is -0.395. The summed E-state index contributed by atoms with van der Waals surface area (Å²) in [6.07, 6.45) is 2.79. The molecular formula is C10H17N5O2. The number of carbonyl (C=O) groups is 1. The summed E-state index contributed by atoms with van der Waals surface area (Å²) in [6, 6.07) is -0.0223. The number of nitrogens with one attached hydrogen (secondary N) is 1. The van der Waals surface area contributed by atoms with Crippen molar-refractivity contribution in [3.8, 4) is 0 Å². The molecule has 0 aliphatic carbocycles. The van der Waals surface area contributed by atoms with Crippen molar-refractivity contribution in [1.29, 1.82) is 0 Å². The molecule has 0 bridgehead atoms. The third-order valence-electron chi connectivity index (χ3n) is 2.23. The molecule has 0 radical (unpaired) electrons. The highest BCUT2D eigenvalue weighted by molar-refractivity contribution is 5.92. The fourth-order valence-electron chi connectivity index (χ4n) is 1.39. The van der Waals surface area contributed by atoms with Gasteiger partial charge in [0, 0.05) is 12.6 Å². The Labute approximate surface area is 99.6 Å². The standard InChI is InChI=1S/C10H17N5O2/c1-7(2)15(3-4-16)10(17)8-5-12-6-9(13-8)14-11/h5-7,16H,3-4,11H2,1-2H3,(H,13,14). The molecule has 0 saturated heterocycles. The molecule has 7 heteroatoms. The molecule has 7 nitrogen and oxygen atoms in total. The highest BCUT2D eigenvalue weighted by atomic mass is 16.3. The van der Waals surface area contributed by atoms with E-state index in [1.54, 1.807) is 0 Å². The molecule has 0 aliphatic heterocycles. The first-order valence-electron chi connectivity index (χ1n) is 5.30. The summed E-state index contributed by atoms with van der Waals surface area (Å²) in [5.74, 6) is 5.24. The van der Waals surface area contributed by atoms with Crippen molar-refractivity contribution in [3.05, 3.63) is 18.1 Å². The molecule has 1 rings (SSSR count). The summed E-state index contributed by atoms with van der Waals surface area (Å²) in [4.78, 5) is 21.5. The smallest absolute Gasteiger partial charge is 0.274 e. The van der Waals surface area contributed by atoms with Crippen LogP contribution in [0.1, 0.15) is 24.3 Å². The van der Waals surface area contributed by atoms with Crippen molar-refractivity contribution < 1.29 is 9.90 Å². The van der Waals surface area contributed by atoms with E-state index in [0.717, 1.165) is 0 Å². The van der Waals surface area contributed by atoms with E-state index >= 15 is 0 Å². The van der Waals surface area contributed by atoms with Gasteiger partial charge in [-0.3, -0.25) is 9.78 Å². The lowest BCUT2D eigenvalue weighted by Gasteiger charge is -2.25. The van der Waals surface area contributed by atoms with Crippen molar-refractivity contribution in [1.82, 2.24) is 14.9 Å². The molecule has 0 saturated carbocycles. The zero-order valence-corrected chi connectivity index (χ0v) is 9.92. The lowest BCUT2D eigenvalue weighted by Crippen LogP contribution is -2.39. The van der Waals surface area contributed by atoms with Crippen LogP contribution in [-0.4, -0.2) is 45.1 Å². The Hall–Kier alpha value is -1.73. The van der Waals surface area contributed by atoms with E-state index in [9.17, 15) is 4.79 Å². The summed E-state index contributed by atoms with van der Waals surface area (Å²) < 4.78 is 0. The molecule has 1 aromatic rings. The summed E-state index contributed by atoms with van der Waals surface area (Å²) in [7, 11) is 0. The maximum atomic E-state index is 12.1. The predicted molar refractivity (Wildman–Crippen MR) is 63.1 cm³/mol. The Morgan fingerprint density at radius 3 is 2.82 bits per heavy atom. The summed E-state index contributed by atoms with van der Waals surface area (Å²) >= 11 is 0. The summed E-state index contributed by atoms with van der Waals surface area (Å²) in [6.45, 7) is 3.91. The van der Waals surface area contributed by atoms with Gasteiger partial charge in [0.25, 0.3) is 5.91 Å². The molecule has 0 spiro atoms. The van der Waals surface area contributed by atoms with Crippen molar-refractivity contribution >= 4 is 11.7 Å². The number of rotatable bonds is 5. The number of hydrogen-bond acceptors (Lipinski definition) is 6. The molecule has 0 atom stereocenters. The van der Waals surface area contributed by atoms with E-state index in [1.165, 1.54) is 17.3 Å². The van der Waals surface area contributed by atoms with Crippen LogP contribution in [0.3, 0.4) is 0 Å². The quantitative estimate of drug-likeness (QED) is 0.477. The van der Waals surface area contributed by atoms with Crippen LogP contribution in [0.5, 0.6) is 0 Å². The van der Waals surface area contributed by atoms with Crippen molar-refractivity contribution in [2.24, 2.45) is 5.84 Å². The zero-order chi connectivity index (χ0) is 12.8. The van der Waals surface area contributed by atoms with Crippen LogP contribution in [0.4, 0.5) is 5.82 Å². The molecule has 1 heterocycles. The molecule has 94 valence electrons. The van der Waals surface area contributed by atoms with Gasteiger partial charge >= 0.3 is 0 Å². The minimum absolute atomic E-state index is 0.0223. The fraction of sp³-hybridized carbons (Fsp3) is 0.500. The van der Waals surface area contributed by atoms with Crippen molar-refractivity contribution in [3.63, 3.8) is 0 Å². The number of anilines is 1. The number of carbonyl (C=O) groups excluding carboxylic acids is 1. The minimum atomic E-state index is -0.279. The van der Waals surface area contributed by atoms with Gasteiger partial charge in [0.1, 0.15) is 5.69 Å². The largest absolute Gasteiger partial charge is 0.395 e. The van der Waals surface area contributed by atoms with Crippen LogP contribution in [0.15, 0.2) is 12.4 Å². The molecule has 4 N–H and O–H groups in total. The second-order valence-electron chi connectivity index (χ2n) is 3.75. The van der Waals surface area contributed by atoms with Gasteiger partial charge in [-0.05, 0) is 13.8 Å². The number of amides is 1. The normalized spacial score (nSPS) is 10.4. The number of hydrazine groups is 1. The number of nitrogens with two attached hydrogens (primary N) is 1. The zero-order valence-electron chi connectivity index (χ0n) is 9.92. The van der Waals surface area contributed by atoms with Crippen LogP contribution in [0.25, 0.3) is 0 Å². The van der Waals surface area contributed by atoms with Gasteiger partial charge in [0.2, 0.25) is 0 Å². The molecule has 0 aromatic carbocycles. The maximum Gasteiger partial charge on any atom is 0.274 e. The fourth-order valence-corrected chi connectivity index (χ4v) is 1.39. The Morgan fingerprint density at radius 2 is 2.29 bits per heavy atom. The Kier molecular flexibility index (Phi) is 4.80. The number of aromatic nitrogens is 2. The Morgan fingerprint density at radius 1 is 1.59 bits per heavy atom.